The zero-order chi connectivity index (χ0) is 19.8. The number of hydrogen-bond donors (Lipinski definition) is 0. The zero-order valence-corrected chi connectivity index (χ0v) is 17.3. The van der Waals surface area contributed by atoms with Crippen LogP contribution in [0.25, 0.3) is 11.3 Å². The molecule has 0 aliphatic carbocycles. The first-order chi connectivity index (χ1) is 13.0. The fourth-order valence-electron chi connectivity index (χ4n) is 2.61. The monoisotopic (exact) mass is 434 g/mol. The second kappa shape index (κ2) is 10.2. The van der Waals surface area contributed by atoms with Crippen LogP contribution in [0.4, 0.5) is 0 Å². The first-order valence-corrected chi connectivity index (χ1v) is 9.34. The number of methoxy groups -OCH3 is 2. The highest BCUT2D eigenvalue weighted by atomic mass is 79.9. The molecule has 1 amide bonds. The van der Waals surface area contributed by atoms with Crippen LogP contribution < -0.4 is 0 Å². The van der Waals surface area contributed by atoms with Gasteiger partial charge in [-0.15, -0.1) is 0 Å². The van der Waals surface area contributed by atoms with Gasteiger partial charge in [0.1, 0.15) is 0 Å². The molecule has 6 nitrogen and oxygen atoms in total. The van der Waals surface area contributed by atoms with Crippen LogP contribution in [-0.2, 0) is 14.3 Å². The molecule has 0 aliphatic rings. The normalized spacial score (nSPS) is 10.5. The molecule has 7 heteroatoms. The number of amides is 1. The molecule has 0 spiro atoms. The molecule has 0 saturated heterocycles. The number of rotatable bonds is 8. The standard InChI is InChI=1S/C20H23BrN2O4/c1-14-17(7-8-18(22-14)15-5-4-6-16(21)13-15)20(25)23(11-12-26-2)10-9-19(24)27-3/h4-8,13H,9-12H2,1-3H3. The van der Waals surface area contributed by atoms with Crippen molar-refractivity contribution in [2.24, 2.45) is 0 Å². The Morgan fingerprint density at radius 3 is 2.56 bits per heavy atom. The number of carbonyl (C=O) groups is 2. The average Bonchev–Trinajstić information content (AvgIpc) is 2.67. The largest absolute Gasteiger partial charge is 0.469 e. The van der Waals surface area contributed by atoms with Gasteiger partial charge in [0.15, 0.2) is 0 Å². The number of esters is 1. The Balaban J connectivity index is 2.22. The van der Waals surface area contributed by atoms with E-state index in [-0.39, 0.29) is 24.8 Å². The van der Waals surface area contributed by atoms with Crippen LogP contribution in [0.15, 0.2) is 40.9 Å². The van der Waals surface area contributed by atoms with Crippen LogP contribution in [0, 0.1) is 6.92 Å². The first kappa shape index (κ1) is 21.1. The molecule has 0 fully saturated rings. The third-order valence-electron chi connectivity index (χ3n) is 4.10. The number of hydrogen-bond acceptors (Lipinski definition) is 5. The van der Waals surface area contributed by atoms with Gasteiger partial charge < -0.3 is 14.4 Å². The van der Waals surface area contributed by atoms with Crippen LogP contribution in [0.5, 0.6) is 0 Å². The van der Waals surface area contributed by atoms with Gasteiger partial charge in [-0.2, -0.15) is 0 Å². The highest BCUT2D eigenvalue weighted by Gasteiger charge is 2.20. The molecule has 0 atom stereocenters. The molecule has 2 aromatic rings. The lowest BCUT2D eigenvalue weighted by Crippen LogP contribution is -2.36. The van der Waals surface area contributed by atoms with E-state index in [4.69, 9.17) is 4.74 Å². The fraction of sp³-hybridized carbons (Fsp3) is 0.350. The van der Waals surface area contributed by atoms with Crippen molar-refractivity contribution in [2.75, 3.05) is 33.9 Å². The maximum atomic E-state index is 12.9. The Morgan fingerprint density at radius 1 is 1.15 bits per heavy atom. The van der Waals surface area contributed by atoms with Crippen LogP contribution >= 0.6 is 15.9 Å². The molecule has 0 saturated carbocycles. The quantitative estimate of drug-likeness (QED) is 0.594. The average molecular weight is 435 g/mol. The van der Waals surface area contributed by atoms with Crippen molar-refractivity contribution >= 4 is 27.8 Å². The van der Waals surface area contributed by atoms with Crippen molar-refractivity contribution in [1.29, 1.82) is 0 Å². The van der Waals surface area contributed by atoms with E-state index in [1.165, 1.54) is 7.11 Å². The van der Waals surface area contributed by atoms with Crippen molar-refractivity contribution < 1.29 is 19.1 Å². The summed E-state index contributed by atoms with van der Waals surface area (Å²) < 4.78 is 10.7. The van der Waals surface area contributed by atoms with Gasteiger partial charge in [0, 0.05) is 30.2 Å². The third-order valence-corrected chi connectivity index (χ3v) is 4.60. The van der Waals surface area contributed by atoms with Crippen molar-refractivity contribution in [2.45, 2.75) is 13.3 Å². The number of ether oxygens (including phenoxy) is 2. The van der Waals surface area contributed by atoms with E-state index >= 15 is 0 Å². The lowest BCUT2D eigenvalue weighted by Gasteiger charge is -2.22. The molecule has 0 radical (unpaired) electrons. The first-order valence-electron chi connectivity index (χ1n) is 8.55. The number of carbonyl (C=O) groups excluding carboxylic acids is 2. The maximum Gasteiger partial charge on any atom is 0.307 e. The van der Waals surface area contributed by atoms with E-state index in [2.05, 4.69) is 25.7 Å². The summed E-state index contributed by atoms with van der Waals surface area (Å²) in [5, 5.41) is 0. The smallest absolute Gasteiger partial charge is 0.307 e. The van der Waals surface area contributed by atoms with Gasteiger partial charge in [-0.25, -0.2) is 0 Å². The number of benzene rings is 1. The fourth-order valence-corrected chi connectivity index (χ4v) is 3.01. The Bertz CT molecular complexity index is 810. The second-order valence-electron chi connectivity index (χ2n) is 5.95. The Kier molecular flexibility index (Phi) is 7.94. The highest BCUT2D eigenvalue weighted by molar-refractivity contribution is 9.10. The van der Waals surface area contributed by atoms with Gasteiger partial charge >= 0.3 is 5.97 Å². The lowest BCUT2D eigenvalue weighted by molar-refractivity contribution is -0.140. The van der Waals surface area contributed by atoms with Gasteiger partial charge in [-0.1, -0.05) is 28.1 Å². The molecular formula is C20H23BrN2O4. The predicted molar refractivity (Wildman–Crippen MR) is 107 cm³/mol. The SMILES string of the molecule is COCCN(CCC(=O)OC)C(=O)c1ccc(-c2cccc(Br)c2)nc1C. The van der Waals surface area contributed by atoms with E-state index in [0.717, 1.165) is 15.7 Å². The number of aromatic nitrogens is 1. The van der Waals surface area contributed by atoms with Gasteiger partial charge in [0.2, 0.25) is 0 Å². The summed E-state index contributed by atoms with van der Waals surface area (Å²) in [5.41, 5.74) is 2.91. The molecule has 27 heavy (non-hydrogen) atoms. The summed E-state index contributed by atoms with van der Waals surface area (Å²) >= 11 is 3.46. The summed E-state index contributed by atoms with van der Waals surface area (Å²) in [4.78, 5) is 30.6. The van der Waals surface area contributed by atoms with E-state index in [0.29, 0.717) is 24.4 Å². The lowest BCUT2D eigenvalue weighted by atomic mass is 10.1. The van der Waals surface area contributed by atoms with Crippen molar-refractivity contribution in [3.05, 3.63) is 52.1 Å². The number of pyridine rings is 1. The summed E-state index contributed by atoms with van der Waals surface area (Å²) in [6.07, 6.45) is 0.133. The van der Waals surface area contributed by atoms with Crippen LogP contribution in [0.1, 0.15) is 22.5 Å². The zero-order valence-electron chi connectivity index (χ0n) is 15.7. The Hall–Kier alpha value is -2.25. The summed E-state index contributed by atoms with van der Waals surface area (Å²) in [5.74, 6) is -0.535. The molecule has 144 valence electrons. The Morgan fingerprint density at radius 2 is 1.93 bits per heavy atom. The van der Waals surface area contributed by atoms with Gasteiger partial charge in [-0.3, -0.25) is 14.6 Å². The molecule has 2 rings (SSSR count). The molecular weight excluding hydrogens is 412 g/mol. The molecule has 1 aromatic heterocycles. The van der Waals surface area contributed by atoms with E-state index in [9.17, 15) is 9.59 Å². The molecule has 0 aliphatic heterocycles. The molecule has 1 heterocycles. The maximum absolute atomic E-state index is 12.9. The highest BCUT2D eigenvalue weighted by Crippen LogP contribution is 2.23. The molecule has 0 unspecified atom stereocenters. The number of halogens is 1. The Labute approximate surface area is 167 Å². The molecule has 0 bridgehead atoms. The van der Waals surface area contributed by atoms with Gasteiger partial charge in [-0.05, 0) is 31.2 Å². The topological polar surface area (TPSA) is 68.7 Å². The molecule has 1 aromatic carbocycles. The van der Waals surface area contributed by atoms with Gasteiger partial charge in [0.05, 0.1) is 37.1 Å². The second-order valence-corrected chi connectivity index (χ2v) is 6.87. The van der Waals surface area contributed by atoms with E-state index < -0.39 is 0 Å². The van der Waals surface area contributed by atoms with Crippen molar-refractivity contribution in [1.82, 2.24) is 9.88 Å². The number of aryl methyl sites for hydroxylation is 1. The minimum absolute atomic E-state index is 0.133. The van der Waals surface area contributed by atoms with Crippen LogP contribution in [0.3, 0.4) is 0 Å². The van der Waals surface area contributed by atoms with Gasteiger partial charge in [0.25, 0.3) is 5.91 Å². The summed E-state index contributed by atoms with van der Waals surface area (Å²) in [6, 6.07) is 11.4. The third kappa shape index (κ3) is 5.87. The minimum atomic E-state index is -0.356. The summed E-state index contributed by atoms with van der Waals surface area (Å²) in [6.45, 7) is 2.85. The minimum Gasteiger partial charge on any atom is -0.469 e. The van der Waals surface area contributed by atoms with E-state index in [1.54, 1.807) is 18.1 Å². The summed E-state index contributed by atoms with van der Waals surface area (Å²) in [7, 11) is 2.90. The van der Waals surface area contributed by atoms with Crippen molar-refractivity contribution in [3.8, 4) is 11.3 Å². The predicted octanol–water partition coefficient (Wildman–Crippen LogP) is 3.47. The molecule has 0 N–H and O–H groups in total. The number of nitrogens with zero attached hydrogens (tertiary/aromatic N) is 2. The van der Waals surface area contributed by atoms with E-state index in [1.807, 2.05) is 37.3 Å². The van der Waals surface area contributed by atoms with Crippen LogP contribution in [-0.4, -0.2) is 55.7 Å². The van der Waals surface area contributed by atoms with Crippen molar-refractivity contribution in [3.63, 3.8) is 0 Å². The van der Waals surface area contributed by atoms with Crippen LogP contribution in [0.2, 0.25) is 0 Å².